The smallest absolute Gasteiger partial charge is 0.171 e. The Hall–Kier alpha value is -0.200. The topological polar surface area (TPSA) is 79.2 Å². The van der Waals surface area contributed by atoms with Crippen LogP contribution in [0, 0.1) is 11.8 Å². The molecule has 1 rings (SSSR count). The van der Waals surface area contributed by atoms with E-state index in [1.807, 2.05) is 0 Å². The molecule has 1 aliphatic rings. The van der Waals surface area contributed by atoms with Crippen molar-refractivity contribution in [2.45, 2.75) is 38.6 Å². The lowest BCUT2D eigenvalue weighted by molar-refractivity contribution is -0.337. The normalized spacial score (nSPS) is 34.4. The highest BCUT2D eigenvalue weighted by Crippen LogP contribution is 2.49. The molecule has 4 unspecified atom stereocenters. The molecule has 1 fully saturated rings. The Balaban J connectivity index is 2.54. The van der Waals surface area contributed by atoms with E-state index in [4.69, 9.17) is 19.7 Å². The average molecular weight is 248 g/mol. The van der Waals surface area contributed by atoms with Crippen LogP contribution in [0.25, 0.3) is 0 Å². The molecule has 17 heavy (non-hydrogen) atoms. The number of hydrogen-bond acceptors (Lipinski definition) is 5. The third-order valence-electron chi connectivity index (χ3n) is 3.47. The summed E-state index contributed by atoms with van der Waals surface area (Å²) in [7, 11) is 0. The van der Waals surface area contributed by atoms with Crippen molar-refractivity contribution in [2.75, 3.05) is 26.4 Å². The Morgan fingerprint density at radius 1 is 1.35 bits per heavy atom. The van der Waals surface area contributed by atoms with Crippen molar-refractivity contribution >= 4 is 0 Å². The van der Waals surface area contributed by atoms with E-state index in [0.717, 1.165) is 12.8 Å². The molecule has 0 heterocycles. The first-order chi connectivity index (χ1) is 8.09. The van der Waals surface area contributed by atoms with Gasteiger partial charge in [-0.15, -0.1) is 0 Å². The number of ether oxygens (including phenoxy) is 2. The maximum Gasteiger partial charge on any atom is 0.171 e. The van der Waals surface area contributed by atoms with Gasteiger partial charge in [-0.05, 0) is 12.3 Å². The molecule has 0 bridgehead atoms. The van der Waals surface area contributed by atoms with Crippen molar-refractivity contribution in [1.82, 2.24) is 0 Å². The first-order valence-electron chi connectivity index (χ1n) is 6.27. The van der Waals surface area contributed by atoms with Crippen molar-refractivity contribution in [1.29, 1.82) is 0 Å². The lowest BCUT2D eigenvalue weighted by Gasteiger charge is -2.53. The zero-order valence-corrected chi connectivity index (χ0v) is 10.6. The van der Waals surface area contributed by atoms with Gasteiger partial charge in [0, 0.05) is 12.3 Å². The summed E-state index contributed by atoms with van der Waals surface area (Å²) in [4.78, 5) is 0. The molecule has 0 radical (unpaired) electrons. The second-order valence-corrected chi connectivity index (χ2v) is 4.73. The van der Waals surface area contributed by atoms with Gasteiger partial charge in [-0.1, -0.05) is 13.8 Å². The highest BCUT2D eigenvalue weighted by Gasteiger charge is 2.53. The van der Waals surface area contributed by atoms with E-state index in [1.54, 1.807) is 0 Å². The lowest BCUT2D eigenvalue weighted by Crippen LogP contribution is -2.57. The maximum absolute atomic E-state index is 9.31. The molecule has 0 spiro atoms. The SMILES string of the molecule is CCC1C(C)CC1(OCCO)OCC(O)CO. The van der Waals surface area contributed by atoms with E-state index in [2.05, 4.69) is 13.8 Å². The molecule has 0 aromatic rings. The second kappa shape index (κ2) is 6.66. The van der Waals surface area contributed by atoms with Crippen LogP contribution >= 0.6 is 0 Å². The minimum Gasteiger partial charge on any atom is -0.394 e. The fourth-order valence-electron chi connectivity index (χ4n) is 2.61. The quantitative estimate of drug-likeness (QED) is 0.532. The van der Waals surface area contributed by atoms with Gasteiger partial charge in [-0.25, -0.2) is 0 Å². The maximum atomic E-state index is 9.31. The molecule has 1 aliphatic carbocycles. The summed E-state index contributed by atoms with van der Waals surface area (Å²) in [6, 6.07) is 0. The minimum absolute atomic E-state index is 0.0432. The van der Waals surface area contributed by atoms with Crippen LogP contribution in [0.2, 0.25) is 0 Å². The fraction of sp³-hybridized carbons (Fsp3) is 1.00. The molecule has 0 amide bonds. The van der Waals surface area contributed by atoms with Gasteiger partial charge >= 0.3 is 0 Å². The largest absolute Gasteiger partial charge is 0.394 e. The average Bonchev–Trinajstić information content (AvgIpc) is 2.32. The van der Waals surface area contributed by atoms with Gasteiger partial charge in [-0.3, -0.25) is 0 Å². The van der Waals surface area contributed by atoms with E-state index < -0.39 is 11.9 Å². The molecule has 0 aromatic heterocycles. The molecule has 0 aromatic carbocycles. The standard InChI is InChI=1S/C12H24O5/c1-3-11-9(2)6-12(11,16-5-4-13)17-8-10(15)7-14/h9-11,13-15H,3-8H2,1-2H3. The van der Waals surface area contributed by atoms with E-state index in [1.165, 1.54) is 0 Å². The summed E-state index contributed by atoms with van der Waals surface area (Å²) in [6.45, 7) is 4.15. The molecule has 5 heteroatoms. The van der Waals surface area contributed by atoms with Crippen LogP contribution < -0.4 is 0 Å². The summed E-state index contributed by atoms with van der Waals surface area (Å²) in [5.74, 6) is 0.109. The molecule has 0 saturated heterocycles. The fourth-order valence-corrected chi connectivity index (χ4v) is 2.61. The zero-order valence-electron chi connectivity index (χ0n) is 10.6. The van der Waals surface area contributed by atoms with Crippen LogP contribution in [0.15, 0.2) is 0 Å². The molecule has 5 nitrogen and oxygen atoms in total. The van der Waals surface area contributed by atoms with Gasteiger partial charge in [0.25, 0.3) is 0 Å². The van der Waals surface area contributed by atoms with E-state index in [0.29, 0.717) is 5.92 Å². The summed E-state index contributed by atoms with van der Waals surface area (Å²) in [6.07, 6.45) is 0.823. The van der Waals surface area contributed by atoms with E-state index in [9.17, 15) is 5.11 Å². The van der Waals surface area contributed by atoms with Crippen LogP contribution in [-0.4, -0.2) is 53.6 Å². The monoisotopic (exact) mass is 248 g/mol. The predicted molar refractivity (Wildman–Crippen MR) is 62.4 cm³/mol. The molecular formula is C12H24O5. The second-order valence-electron chi connectivity index (χ2n) is 4.73. The Bertz CT molecular complexity index is 223. The van der Waals surface area contributed by atoms with Gasteiger partial charge in [0.05, 0.1) is 26.4 Å². The number of aliphatic hydroxyl groups excluding tert-OH is 3. The van der Waals surface area contributed by atoms with Crippen molar-refractivity contribution < 1.29 is 24.8 Å². The van der Waals surface area contributed by atoms with E-state index >= 15 is 0 Å². The van der Waals surface area contributed by atoms with Crippen molar-refractivity contribution in [2.24, 2.45) is 11.8 Å². The molecule has 4 atom stereocenters. The summed E-state index contributed by atoms with van der Waals surface area (Å²) in [5, 5.41) is 26.9. The highest BCUT2D eigenvalue weighted by molar-refractivity contribution is 4.95. The first-order valence-corrected chi connectivity index (χ1v) is 6.27. The van der Waals surface area contributed by atoms with Gasteiger partial charge in [-0.2, -0.15) is 0 Å². The van der Waals surface area contributed by atoms with Crippen LogP contribution in [0.3, 0.4) is 0 Å². The summed E-state index contributed by atoms with van der Waals surface area (Å²) in [5.41, 5.74) is 0. The van der Waals surface area contributed by atoms with Gasteiger partial charge in [0.1, 0.15) is 6.10 Å². The number of rotatable bonds is 8. The Labute approximate surface area is 102 Å². The third-order valence-corrected chi connectivity index (χ3v) is 3.47. The molecule has 102 valence electrons. The molecule has 3 N–H and O–H groups in total. The number of hydrogen-bond donors (Lipinski definition) is 3. The Morgan fingerprint density at radius 2 is 2.06 bits per heavy atom. The van der Waals surface area contributed by atoms with Crippen LogP contribution in [0.1, 0.15) is 26.7 Å². The minimum atomic E-state index is -0.877. The molecular weight excluding hydrogens is 224 g/mol. The summed E-state index contributed by atoms with van der Waals surface area (Å²) < 4.78 is 11.3. The summed E-state index contributed by atoms with van der Waals surface area (Å²) >= 11 is 0. The van der Waals surface area contributed by atoms with Gasteiger partial charge in [0.2, 0.25) is 0 Å². The Kier molecular flexibility index (Phi) is 5.82. The van der Waals surface area contributed by atoms with Crippen molar-refractivity contribution in [3.63, 3.8) is 0 Å². The first kappa shape index (κ1) is 14.9. The van der Waals surface area contributed by atoms with Crippen molar-refractivity contribution in [3.8, 4) is 0 Å². The van der Waals surface area contributed by atoms with Crippen LogP contribution in [-0.2, 0) is 9.47 Å². The molecule has 1 saturated carbocycles. The lowest BCUT2D eigenvalue weighted by atomic mass is 9.67. The van der Waals surface area contributed by atoms with Gasteiger partial charge in [0.15, 0.2) is 5.79 Å². The van der Waals surface area contributed by atoms with Crippen LogP contribution in [0.4, 0.5) is 0 Å². The zero-order chi connectivity index (χ0) is 12.9. The molecule has 0 aliphatic heterocycles. The third kappa shape index (κ3) is 3.39. The van der Waals surface area contributed by atoms with Crippen molar-refractivity contribution in [3.05, 3.63) is 0 Å². The Morgan fingerprint density at radius 3 is 2.53 bits per heavy atom. The number of aliphatic hydroxyl groups is 3. The predicted octanol–water partition coefficient (Wildman–Crippen LogP) is 0.127. The van der Waals surface area contributed by atoms with Crippen LogP contribution in [0.5, 0.6) is 0 Å². The highest BCUT2D eigenvalue weighted by atomic mass is 16.7. The van der Waals surface area contributed by atoms with Gasteiger partial charge < -0.3 is 24.8 Å². The van der Waals surface area contributed by atoms with E-state index in [-0.39, 0.29) is 32.3 Å².